The van der Waals surface area contributed by atoms with Crippen molar-refractivity contribution in [2.24, 2.45) is 0 Å². The molecule has 0 aromatic carbocycles. The zero-order valence-corrected chi connectivity index (χ0v) is 11.5. The number of H-pyrrole nitrogens is 1. The predicted octanol–water partition coefficient (Wildman–Crippen LogP) is 0.506. The van der Waals surface area contributed by atoms with Crippen LogP contribution in [-0.4, -0.2) is 40.8 Å². The fraction of sp³-hybridized carbons (Fsp3) is 0.500. The molecule has 0 radical (unpaired) electrons. The van der Waals surface area contributed by atoms with Crippen molar-refractivity contribution < 1.29 is 9.59 Å². The number of rotatable bonds is 3. The van der Waals surface area contributed by atoms with Gasteiger partial charge >= 0.3 is 0 Å². The Bertz CT molecular complexity index is 545. The number of nitrogens with zero attached hydrogens (tertiary/aromatic N) is 1. The molecule has 0 unspecified atom stereocenters. The summed E-state index contributed by atoms with van der Waals surface area (Å²) in [6.45, 7) is 2.93. The van der Waals surface area contributed by atoms with E-state index in [1.54, 1.807) is 4.90 Å². The molecule has 1 aliphatic heterocycles. The van der Waals surface area contributed by atoms with Crippen LogP contribution in [0.1, 0.15) is 36.5 Å². The van der Waals surface area contributed by atoms with Gasteiger partial charge in [0.1, 0.15) is 5.56 Å². The number of likely N-dealkylation sites (tertiary alicyclic amines) is 1. The predicted molar refractivity (Wildman–Crippen MR) is 74.4 cm³/mol. The first-order valence-electron chi connectivity index (χ1n) is 6.87. The van der Waals surface area contributed by atoms with E-state index in [-0.39, 0.29) is 28.8 Å². The highest BCUT2D eigenvalue weighted by Crippen LogP contribution is 2.12. The van der Waals surface area contributed by atoms with Crippen LogP contribution in [0.2, 0.25) is 0 Å². The number of carbonyl (C=O) groups excluding carboxylic acids is 2. The molecule has 2 N–H and O–H groups in total. The number of hydrogen-bond donors (Lipinski definition) is 2. The van der Waals surface area contributed by atoms with Crippen LogP contribution >= 0.6 is 0 Å². The third kappa shape index (κ3) is 3.26. The molecule has 0 aliphatic carbocycles. The monoisotopic (exact) mass is 277 g/mol. The van der Waals surface area contributed by atoms with Crippen LogP contribution in [0.25, 0.3) is 0 Å². The van der Waals surface area contributed by atoms with Crippen molar-refractivity contribution in [2.75, 3.05) is 13.1 Å². The fourth-order valence-electron chi connectivity index (χ4n) is 2.31. The lowest BCUT2D eigenvalue weighted by Crippen LogP contribution is -2.47. The highest BCUT2D eigenvalue weighted by molar-refractivity contribution is 5.93. The summed E-state index contributed by atoms with van der Waals surface area (Å²) >= 11 is 0. The first-order chi connectivity index (χ1) is 9.61. The van der Waals surface area contributed by atoms with Crippen molar-refractivity contribution in [3.05, 3.63) is 34.2 Å². The molecule has 0 saturated carbocycles. The van der Waals surface area contributed by atoms with Crippen molar-refractivity contribution in [1.82, 2.24) is 15.2 Å². The Kier molecular flexibility index (Phi) is 4.55. The van der Waals surface area contributed by atoms with Crippen LogP contribution in [-0.2, 0) is 4.79 Å². The smallest absolute Gasteiger partial charge is 0.259 e. The van der Waals surface area contributed by atoms with Gasteiger partial charge in [-0.2, -0.15) is 0 Å². The molecule has 0 atom stereocenters. The Labute approximate surface area is 117 Å². The van der Waals surface area contributed by atoms with Crippen LogP contribution in [0.15, 0.2) is 23.3 Å². The summed E-state index contributed by atoms with van der Waals surface area (Å²) in [5.74, 6) is -0.207. The van der Waals surface area contributed by atoms with Gasteiger partial charge in [0.15, 0.2) is 5.43 Å². The molecule has 2 amide bonds. The van der Waals surface area contributed by atoms with E-state index in [2.05, 4.69) is 10.3 Å². The lowest BCUT2D eigenvalue weighted by Gasteiger charge is -2.32. The highest BCUT2D eigenvalue weighted by Gasteiger charge is 2.25. The summed E-state index contributed by atoms with van der Waals surface area (Å²) in [4.78, 5) is 39.6. The van der Waals surface area contributed by atoms with Gasteiger partial charge in [-0.05, 0) is 12.8 Å². The Morgan fingerprint density at radius 2 is 2.10 bits per heavy atom. The van der Waals surface area contributed by atoms with Gasteiger partial charge in [-0.15, -0.1) is 0 Å². The van der Waals surface area contributed by atoms with Gasteiger partial charge in [-0.1, -0.05) is 6.92 Å². The van der Waals surface area contributed by atoms with Gasteiger partial charge < -0.3 is 15.2 Å². The maximum absolute atomic E-state index is 12.2. The minimum Gasteiger partial charge on any atom is -0.367 e. The number of nitrogens with one attached hydrogen (secondary N) is 2. The molecule has 2 heterocycles. The molecule has 1 saturated heterocycles. The number of aromatic amines is 1. The maximum Gasteiger partial charge on any atom is 0.259 e. The maximum atomic E-state index is 12.2. The molecule has 1 aliphatic rings. The minimum atomic E-state index is -0.268. The third-order valence-electron chi connectivity index (χ3n) is 3.52. The topological polar surface area (TPSA) is 82.3 Å². The van der Waals surface area contributed by atoms with E-state index < -0.39 is 0 Å². The van der Waals surface area contributed by atoms with Crippen LogP contribution < -0.4 is 10.7 Å². The summed E-state index contributed by atoms with van der Waals surface area (Å²) in [5.41, 5.74) is -0.0984. The average Bonchev–Trinajstić information content (AvgIpc) is 2.47. The van der Waals surface area contributed by atoms with E-state index in [1.807, 2.05) is 6.92 Å². The molecular weight excluding hydrogens is 258 g/mol. The van der Waals surface area contributed by atoms with Crippen molar-refractivity contribution in [3.63, 3.8) is 0 Å². The third-order valence-corrected chi connectivity index (χ3v) is 3.52. The van der Waals surface area contributed by atoms with E-state index in [1.165, 1.54) is 18.5 Å². The second kappa shape index (κ2) is 6.36. The van der Waals surface area contributed by atoms with Gasteiger partial charge in [0, 0.05) is 44.0 Å². The number of pyridine rings is 1. The van der Waals surface area contributed by atoms with E-state index in [0.29, 0.717) is 19.5 Å². The number of amides is 2. The van der Waals surface area contributed by atoms with Crippen LogP contribution in [0.4, 0.5) is 0 Å². The van der Waals surface area contributed by atoms with Crippen molar-refractivity contribution >= 4 is 11.8 Å². The Hall–Kier alpha value is -2.11. The van der Waals surface area contributed by atoms with Crippen LogP contribution in [0.3, 0.4) is 0 Å². The number of aromatic nitrogens is 1. The zero-order chi connectivity index (χ0) is 14.5. The van der Waals surface area contributed by atoms with E-state index in [9.17, 15) is 14.4 Å². The number of piperidine rings is 1. The van der Waals surface area contributed by atoms with Gasteiger partial charge in [0.05, 0.1) is 0 Å². The number of hydrogen-bond acceptors (Lipinski definition) is 3. The van der Waals surface area contributed by atoms with Crippen molar-refractivity contribution in [3.8, 4) is 0 Å². The summed E-state index contributed by atoms with van der Waals surface area (Å²) in [6.07, 6.45) is 4.87. The van der Waals surface area contributed by atoms with Gasteiger partial charge in [0.2, 0.25) is 5.91 Å². The first kappa shape index (κ1) is 14.3. The average molecular weight is 277 g/mol. The Morgan fingerprint density at radius 1 is 1.40 bits per heavy atom. The second-order valence-corrected chi connectivity index (χ2v) is 4.91. The Balaban J connectivity index is 1.94. The van der Waals surface area contributed by atoms with E-state index in [4.69, 9.17) is 0 Å². The van der Waals surface area contributed by atoms with Gasteiger partial charge in [-0.25, -0.2) is 0 Å². The second-order valence-electron chi connectivity index (χ2n) is 4.91. The highest BCUT2D eigenvalue weighted by atomic mass is 16.2. The summed E-state index contributed by atoms with van der Waals surface area (Å²) < 4.78 is 0. The lowest BCUT2D eigenvalue weighted by atomic mass is 10.0. The first-order valence-corrected chi connectivity index (χ1v) is 6.87. The fourth-order valence-corrected chi connectivity index (χ4v) is 2.31. The molecule has 108 valence electrons. The van der Waals surface area contributed by atoms with Crippen molar-refractivity contribution in [1.29, 1.82) is 0 Å². The lowest BCUT2D eigenvalue weighted by molar-refractivity contribution is -0.121. The molecule has 0 spiro atoms. The van der Waals surface area contributed by atoms with Gasteiger partial charge in [-0.3, -0.25) is 14.4 Å². The zero-order valence-electron chi connectivity index (χ0n) is 11.5. The molecule has 2 rings (SSSR count). The summed E-state index contributed by atoms with van der Waals surface area (Å²) in [7, 11) is 0. The van der Waals surface area contributed by atoms with Crippen molar-refractivity contribution in [2.45, 2.75) is 32.2 Å². The normalized spacial score (nSPS) is 15.9. The molecule has 0 bridgehead atoms. The molecule has 1 aromatic rings. The largest absolute Gasteiger partial charge is 0.367 e. The van der Waals surface area contributed by atoms with Crippen LogP contribution in [0, 0.1) is 0 Å². The summed E-state index contributed by atoms with van der Waals surface area (Å²) in [6, 6.07) is 1.47. The standard InChI is InChI=1S/C14H19N3O3/c1-2-13(19)16-10-4-7-17(8-5-10)14(20)11-9-15-6-3-12(11)18/h3,6,9-10H,2,4-5,7-8H2,1H3,(H,15,18)(H,16,19). The van der Waals surface area contributed by atoms with E-state index >= 15 is 0 Å². The molecular formula is C14H19N3O3. The minimum absolute atomic E-state index is 0.0364. The molecule has 20 heavy (non-hydrogen) atoms. The molecule has 1 fully saturated rings. The summed E-state index contributed by atoms with van der Waals surface area (Å²) in [5, 5.41) is 2.93. The van der Waals surface area contributed by atoms with Crippen LogP contribution in [0.5, 0.6) is 0 Å². The number of carbonyl (C=O) groups is 2. The molecule has 6 nitrogen and oxygen atoms in total. The molecule has 1 aromatic heterocycles. The Morgan fingerprint density at radius 3 is 2.70 bits per heavy atom. The van der Waals surface area contributed by atoms with E-state index in [0.717, 1.165) is 12.8 Å². The SMILES string of the molecule is CCC(=O)NC1CCN(C(=O)c2c[nH]ccc2=O)CC1. The van der Waals surface area contributed by atoms with Gasteiger partial charge in [0.25, 0.3) is 5.91 Å². The quantitative estimate of drug-likeness (QED) is 0.844. The molecule has 6 heteroatoms.